The van der Waals surface area contributed by atoms with E-state index in [-0.39, 0.29) is 29.8 Å². The van der Waals surface area contributed by atoms with Crippen molar-refractivity contribution in [3.8, 4) is 22.3 Å². The van der Waals surface area contributed by atoms with Crippen LogP contribution in [0.1, 0.15) is 21.7 Å². The second-order valence-corrected chi connectivity index (χ2v) is 11.2. The minimum atomic E-state index is -0.615. The molecule has 1 aliphatic heterocycles. The fraction of sp³-hybridized carbons (Fsp3) is 0.212. The second kappa shape index (κ2) is 12.6. The number of benzene rings is 2. The van der Waals surface area contributed by atoms with Gasteiger partial charge < -0.3 is 25.1 Å². The summed E-state index contributed by atoms with van der Waals surface area (Å²) in [5.41, 5.74) is 9.98. The van der Waals surface area contributed by atoms with Crippen LogP contribution in [0.25, 0.3) is 28.0 Å². The highest BCUT2D eigenvalue weighted by Crippen LogP contribution is 2.30. The molecule has 0 radical (unpaired) electrons. The minimum Gasteiger partial charge on any atom is -0.383 e. The third-order valence-electron chi connectivity index (χ3n) is 7.79. The number of amides is 1. The van der Waals surface area contributed by atoms with E-state index in [0.29, 0.717) is 49.3 Å². The van der Waals surface area contributed by atoms with Crippen LogP contribution in [-0.4, -0.2) is 65.8 Å². The van der Waals surface area contributed by atoms with Crippen molar-refractivity contribution < 1.29 is 18.7 Å². The number of nitrogen functional groups attached to an aromatic ring is 1. The Morgan fingerprint density at radius 2 is 1.85 bits per heavy atom. The van der Waals surface area contributed by atoms with Gasteiger partial charge in [0, 0.05) is 41.0 Å². The summed E-state index contributed by atoms with van der Waals surface area (Å²) in [7, 11) is 0. The molecule has 0 saturated carbocycles. The molecule has 0 spiro atoms. The van der Waals surface area contributed by atoms with E-state index < -0.39 is 11.5 Å². The fourth-order valence-electron chi connectivity index (χ4n) is 5.43. The van der Waals surface area contributed by atoms with Crippen molar-refractivity contribution in [3.05, 3.63) is 113 Å². The van der Waals surface area contributed by atoms with Crippen LogP contribution >= 0.6 is 0 Å². The number of nitrogens with two attached hydrogens (primary N) is 1. The average molecular weight is 636 g/mol. The first kappa shape index (κ1) is 30.0. The van der Waals surface area contributed by atoms with Crippen LogP contribution in [0, 0.1) is 12.7 Å². The molecule has 1 atom stereocenters. The molecular formula is C33H30FN9O4. The summed E-state index contributed by atoms with van der Waals surface area (Å²) in [6, 6.07) is 15.0. The molecule has 5 heterocycles. The van der Waals surface area contributed by atoms with Crippen LogP contribution in [-0.2, 0) is 22.6 Å². The zero-order valence-corrected chi connectivity index (χ0v) is 25.3. The SMILES string of the molecule is Cc1nc2n(Cc3ccc(F)cc3)cc(C(=O)Nc3ccc(-c4cc(-c5cnn(C[C@H]6COCCO6)c5)cnc4N)cc3)c(=O)n2n1. The van der Waals surface area contributed by atoms with Gasteiger partial charge in [0.05, 0.1) is 39.1 Å². The number of rotatable bonds is 8. The van der Waals surface area contributed by atoms with E-state index in [1.54, 1.807) is 48.1 Å². The Hall–Kier alpha value is -5.73. The van der Waals surface area contributed by atoms with Crippen LogP contribution in [0.2, 0.25) is 0 Å². The van der Waals surface area contributed by atoms with Crippen LogP contribution < -0.4 is 16.6 Å². The first-order valence-electron chi connectivity index (χ1n) is 14.9. The Labute approximate surface area is 267 Å². The van der Waals surface area contributed by atoms with Crippen LogP contribution in [0.3, 0.4) is 0 Å². The highest BCUT2D eigenvalue weighted by Gasteiger charge is 2.19. The molecule has 7 rings (SSSR count). The summed E-state index contributed by atoms with van der Waals surface area (Å²) in [4.78, 5) is 35.4. The number of halogens is 1. The van der Waals surface area contributed by atoms with E-state index in [1.807, 2.05) is 29.1 Å². The smallest absolute Gasteiger partial charge is 0.288 e. The van der Waals surface area contributed by atoms with Gasteiger partial charge in [0.25, 0.3) is 11.5 Å². The van der Waals surface area contributed by atoms with Gasteiger partial charge in [-0.3, -0.25) is 14.3 Å². The van der Waals surface area contributed by atoms with Gasteiger partial charge in [0.15, 0.2) is 0 Å². The zero-order valence-electron chi connectivity index (χ0n) is 25.3. The highest BCUT2D eigenvalue weighted by atomic mass is 19.1. The van der Waals surface area contributed by atoms with Crippen molar-refractivity contribution in [2.75, 3.05) is 30.9 Å². The van der Waals surface area contributed by atoms with Gasteiger partial charge in [-0.1, -0.05) is 24.3 Å². The Bertz CT molecular complexity index is 2130. The van der Waals surface area contributed by atoms with E-state index in [1.165, 1.54) is 18.3 Å². The quantitative estimate of drug-likeness (QED) is 0.255. The van der Waals surface area contributed by atoms with E-state index in [2.05, 4.69) is 25.5 Å². The van der Waals surface area contributed by atoms with E-state index in [9.17, 15) is 14.0 Å². The number of carbonyl (C=O) groups is 1. The van der Waals surface area contributed by atoms with Crippen molar-refractivity contribution in [1.29, 1.82) is 0 Å². The molecule has 4 aromatic heterocycles. The number of aryl methyl sites for hydroxylation is 1. The molecule has 47 heavy (non-hydrogen) atoms. The molecule has 2 aromatic carbocycles. The molecule has 6 aromatic rings. The molecule has 0 aliphatic carbocycles. The predicted octanol–water partition coefficient (Wildman–Crippen LogP) is 3.56. The topological polar surface area (TPSA) is 156 Å². The number of aromatic nitrogens is 7. The van der Waals surface area contributed by atoms with Gasteiger partial charge >= 0.3 is 0 Å². The van der Waals surface area contributed by atoms with Gasteiger partial charge in [-0.15, -0.1) is 5.10 Å². The molecule has 14 heteroatoms. The van der Waals surface area contributed by atoms with Crippen molar-refractivity contribution >= 4 is 23.2 Å². The van der Waals surface area contributed by atoms with Crippen LogP contribution in [0.5, 0.6) is 0 Å². The lowest BCUT2D eigenvalue weighted by atomic mass is 10.0. The average Bonchev–Trinajstić information content (AvgIpc) is 3.71. The Kier molecular flexibility index (Phi) is 8.01. The van der Waals surface area contributed by atoms with Gasteiger partial charge in [0.2, 0.25) is 5.78 Å². The van der Waals surface area contributed by atoms with Crippen LogP contribution in [0.15, 0.2) is 84.2 Å². The lowest BCUT2D eigenvalue weighted by molar-refractivity contribution is -0.0946. The molecule has 0 bridgehead atoms. The first-order valence-corrected chi connectivity index (χ1v) is 14.9. The van der Waals surface area contributed by atoms with Gasteiger partial charge in [-0.25, -0.2) is 9.37 Å². The van der Waals surface area contributed by atoms with Gasteiger partial charge in [0.1, 0.15) is 29.1 Å². The molecule has 238 valence electrons. The summed E-state index contributed by atoms with van der Waals surface area (Å²) in [6.07, 6.45) is 6.79. The van der Waals surface area contributed by atoms with Gasteiger partial charge in [-0.2, -0.15) is 14.6 Å². The van der Waals surface area contributed by atoms with Crippen molar-refractivity contribution in [1.82, 2.24) is 33.9 Å². The van der Waals surface area contributed by atoms with Crippen molar-refractivity contribution in [2.45, 2.75) is 26.1 Å². The molecule has 13 nitrogen and oxygen atoms in total. The maximum atomic E-state index is 13.5. The maximum absolute atomic E-state index is 13.5. The molecule has 1 fully saturated rings. The molecule has 1 saturated heterocycles. The van der Waals surface area contributed by atoms with Crippen molar-refractivity contribution in [2.24, 2.45) is 0 Å². The number of hydrogen-bond donors (Lipinski definition) is 2. The number of hydrogen-bond acceptors (Lipinski definition) is 9. The van der Waals surface area contributed by atoms with Crippen molar-refractivity contribution in [3.63, 3.8) is 0 Å². The number of fused-ring (bicyclic) bond motifs is 1. The Morgan fingerprint density at radius 3 is 2.62 bits per heavy atom. The largest absolute Gasteiger partial charge is 0.383 e. The molecule has 1 amide bonds. The lowest BCUT2D eigenvalue weighted by Gasteiger charge is -2.22. The highest BCUT2D eigenvalue weighted by molar-refractivity contribution is 6.04. The monoisotopic (exact) mass is 635 g/mol. The summed E-state index contributed by atoms with van der Waals surface area (Å²) in [6.45, 7) is 4.20. The third kappa shape index (κ3) is 6.36. The summed E-state index contributed by atoms with van der Waals surface area (Å²) < 4.78 is 29.2. The standard InChI is InChI=1S/C33H30FN9O4/c1-20-38-33-41(15-21-2-6-25(34)7-3-21)18-29(32(45)43(33)40-20)31(44)39-26-8-4-22(5-9-26)28-12-23(13-36-30(28)35)24-14-37-42(16-24)17-27-19-46-10-11-47-27/h2-9,12-14,16,18,27H,10-11,15,17,19H2,1H3,(H2,35,36)(H,39,44)/t27-/m0/s1. The number of nitrogens with zero attached hydrogens (tertiary/aromatic N) is 7. The number of pyridine rings is 1. The maximum Gasteiger partial charge on any atom is 0.288 e. The zero-order chi connectivity index (χ0) is 32.5. The number of carbonyl (C=O) groups excluding carboxylic acids is 1. The predicted molar refractivity (Wildman–Crippen MR) is 171 cm³/mol. The molecule has 0 unspecified atom stereocenters. The van der Waals surface area contributed by atoms with Crippen LogP contribution in [0.4, 0.5) is 15.9 Å². The number of nitrogens with one attached hydrogen (secondary N) is 1. The molecule has 3 N–H and O–H groups in total. The fourth-order valence-corrected chi connectivity index (χ4v) is 5.43. The van der Waals surface area contributed by atoms with Gasteiger partial charge in [-0.05, 0) is 48.4 Å². The summed E-state index contributed by atoms with van der Waals surface area (Å²) >= 11 is 0. The Balaban J connectivity index is 1.10. The number of anilines is 2. The summed E-state index contributed by atoms with van der Waals surface area (Å²) in [5.74, 6) is 0.0178. The van der Waals surface area contributed by atoms with E-state index >= 15 is 0 Å². The Morgan fingerprint density at radius 1 is 1.04 bits per heavy atom. The molecular weight excluding hydrogens is 605 g/mol. The summed E-state index contributed by atoms with van der Waals surface area (Å²) in [5, 5.41) is 11.4. The second-order valence-electron chi connectivity index (χ2n) is 11.2. The minimum absolute atomic E-state index is 0.0484. The third-order valence-corrected chi connectivity index (χ3v) is 7.79. The van der Waals surface area contributed by atoms with E-state index in [0.717, 1.165) is 26.8 Å². The van der Waals surface area contributed by atoms with E-state index in [4.69, 9.17) is 15.2 Å². The lowest BCUT2D eigenvalue weighted by Crippen LogP contribution is -2.32. The normalized spacial score (nSPS) is 14.8. The number of ether oxygens (including phenoxy) is 2. The first-order chi connectivity index (χ1) is 22.8. The molecule has 1 aliphatic rings.